The number of hydrogen-bond donors (Lipinski definition) is 1. The number of nitrogens with zero attached hydrogens (tertiary/aromatic N) is 1. The van der Waals surface area contributed by atoms with E-state index in [0.29, 0.717) is 18.6 Å². The highest BCUT2D eigenvalue weighted by Crippen LogP contribution is 2.44. The Hall–Kier alpha value is -1.35. The second-order valence-corrected chi connectivity index (χ2v) is 7.72. The molecule has 23 heavy (non-hydrogen) atoms. The first-order chi connectivity index (χ1) is 11.3. The number of nitrogens with one attached hydrogen (secondary N) is 1. The molecule has 1 aromatic carbocycles. The molecule has 0 unspecified atom stereocenters. The molecule has 1 amide bonds. The van der Waals surface area contributed by atoms with Gasteiger partial charge in [-0.05, 0) is 68.9 Å². The molecule has 1 aliphatic heterocycles. The van der Waals surface area contributed by atoms with Crippen LogP contribution >= 0.6 is 0 Å². The second kappa shape index (κ2) is 6.64. The van der Waals surface area contributed by atoms with Gasteiger partial charge in [0.2, 0.25) is 5.91 Å². The molecule has 0 aromatic heterocycles. The first-order valence-electron chi connectivity index (χ1n) is 9.37. The standard InChI is InChI=1S/C20H28N2O/c23-19(21-20(16-8-9-16)17-10-11-17)14-22-12-4-7-18(22)13-15-5-2-1-3-6-15/h1-3,5-6,16-18,20H,4,7-14H2,(H,21,23)/t18-/m1/s1. The molecule has 1 aromatic rings. The van der Waals surface area contributed by atoms with Crippen LogP contribution in [0.1, 0.15) is 44.1 Å². The summed E-state index contributed by atoms with van der Waals surface area (Å²) in [5.74, 6) is 1.82. The van der Waals surface area contributed by atoms with Crippen LogP contribution in [0.3, 0.4) is 0 Å². The van der Waals surface area contributed by atoms with Crippen molar-refractivity contribution in [2.24, 2.45) is 11.8 Å². The van der Waals surface area contributed by atoms with Crippen molar-refractivity contribution in [2.75, 3.05) is 13.1 Å². The molecule has 0 radical (unpaired) electrons. The van der Waals surface area contributed by atoms with Crippen molar-refractivity contribution in [3.05, 3.63) is 35.9 Å². The number of rotatable bonds is 7. The van der Waals surface area contributed by atoms with Gasteiger partial charge in [0.1, 0.15) is 0 Å². The van der Waals surface area contributed by atoms with Crippen LogP contribution in [0, 0.1) is 11.8 Å². The van der Waals surface area contributed by atoms with E-state index in [1.165, 1.54) is 44.1 Å². The fourth-order valence-electron chi connectivity index (χ4n) is 4.17. The fraction of sp³-hybridized carbons (Fsp3) is 0.650. The third-order valence-corrected chi connectivity index (χ3v) is 5.75. The van der Waals surface area contributed by atoms with Gasteiger partial charge in [-0.1, -0.05) is 30.3 Å². The van der Waals surface area contributed by atoms with E-state index in [9.17, 15) is 4.79 Å². The summed E-state index contributed by atoms with van der Waals surface area (Å²) in [5.41, 5.74) is 1.39. The summed E-state index contributed by atoms with van der Waals surface area (Å²) in [6, 6.07) is 11.7. The van der Waals surface area contributed by atoms with Crippen LogP contribution in [0.15, 0.2) is 30.3 Å². The minimum atomic E-state index is 0.258. The zero-order chi connectivity index (χ0) is 15.6. The minimum absolute atomic E-state index is 0.258. The Kier molecular flexibility index (Phi) is 4.39. The maximum Gasteiger partial charge on any atom is 0.234 e. The summed E-state index contributed by atoms with van der Waals surface area (Å²) < 4.78 is 0. The van der Waals surface area contributed by atoms with Crippen LogP contribution in [0.4, 0.5) is 0 Å². The summed E-state index contributed by atoms with van der Waals surface area (Å²) in [5, 5.41) is 3.37. The van der Waals surface area contributed by atoms with Crippen molar-refractivity contribution < 1.29 is 4.79 Å². The third-order valence-electron chi connectivity index (χ3n) is 5.75. The zero-order valence-corrected chi connectivity index (χ0v) is 13.9. The minimum Gasteiger partial charge on any atom is -0.352 e. The summed E-state index contributed by atoms with van der Waals surface area (Å²) in [4.78, 5) is 14.9. The van der Waals surface area contributed by atoms with Crippen LogP contribution < -0.4 is 5.32 Å². The van der Waals surface area contributed by atoms with Gasteiger partial charge in [-0.25, -0.2) is 0 Å². The van der Waals surface area contributed by atoms with E-state index in [0.717, 1.165) is 24.8 Å². The smallest absolute Gasteiger partial charge is 0.234 e. The molecule has 0 spiro atoms. The highest BCUT2D eigenvalue weighted by atomic mass is 16.2. The molecule has 124 valence electrons. The monoisotopic (exact) mass is 312 g/mol. The molecule has 3 fully saturated rings. The zero-order valence-electron chi connectivity index (χ0n) is 13.9. The highest BCUT2D eigenvalue weighted by molar-refractivity contribution is 5.78. The van der Waals surface area contributed by atoms with Gasteiger partial charge < -0.3 is 5.32 Å². The van der Waals surface area contributed by atoms with E-state index in [2.05, 4.69) is 40.5 Å². The number of carbonyl (C=O) groups is 1. The molecule has 0 bridgehead atoms. The SMILES string of the molecule is O=C(CN1CCC[C@@H]1Cc1ccccc1)NC(C1CC1)C1CC1. The maximum absolute atomic E-state index is 12.5. The van der Waals surface area contributed by atoms with Crippen LogP contribution in [-0.2, 0) is 11.2 Å². The molecule has 3 aliphatic rings. The molecule has 1 atom stereocenters. The van der Waals surface area contributed by atoms with Gasteiger partial charge in [-0.3, -0.25) is 9.69 Å². The molecule has 2 saturated carbocycles. The molecular weight excluding hydrogens is 284 g/mol. The van der Waals surface area contributed by atoms with Crippen molar-refractivity contribution in [1.29, 1.82) is 0 Å². The molecular formula is C20H28N2O. The van der Waals surface area contributed by atoms with Gasteiger partial charge in [0.25, 0.3) is 0 Å². The number of likely N-dealkylation sites (tertiary alicyclic amines) is 1. The van der Waals surface area contributed by atoms with Gasteiger partial charge in [0.15, 0.2) is 0 Å². The van der Waals surface area contributed by atoms with Crippen molar-refractivity contribution >= 4 is 5.91 Å². The lowest BCUT2D eigenvalue weighted by Gasteiger charge is -2.26. The molecule has 4 rings (SSSR count). The largest absolute Gasteiger partial charge is 0.352 e. The topological polar surface area (TPSA) is 32.3 Å². The van der Waals surface area contributed by atoms with Crippen molar-refractivity contribution in [3.8, 4) is 0 Å². The van der Waals surface area contributed by atoms with Gasteiger partial charge in [0, 0.05) is 12.1 Å². The van der Waals surface area contributed by atoms with Crippen molar-refractivity contribution in [2.45, 2.75) is 57.0 Å². The van der Waals surface area contributed by atoms with Crippen LogP contribution in [0.25, 0.3) is 0 Å². The third kappa shape index (κ3) is 3.95. The molecule has 1 heterocycles. The second-order valence-electron chi connectivity index (χ2n) is 7.72. The van der Waals surface area contributed by atoms with Gasteiger partial charge in [-0.2, -0.15) is 0 Å². The lowest BCUT2D eigenvalue weighted by atomic mass is 10.0. The average molecular weight is 312 g/mol. The molecule has 1 saturated heterocycles. The lowest BCUT2D eigenvalue weighted by molar-refractivity contribution is -0.123. The van der Waals surface area contributed by atoms with E-state index in [1.54, 1.807) is 0 Å². The van der Waals surface area contributed by atoms with Crippen molar-refractivity contribution in [1.82, 2.24) is 10.2 Å². The van der Waals surface area contributed by atoms with Gasteiger partial charge in [0.05, 0.1) is 6.54 Å². The fourth-order valence-corrected chi connectivity index (χ4v) is 4.17. The predicted octanol–water partition coefficient (Wildman–Crippen LogP) is 3.00. The summed E-state index contributed by atoms with van der Waals surface area (Å²) in [7, 11) is 0. The van der Waals surface area contributed by atoms with E-state index in [-0.39, 0.29) is 5.91 Å². The number of hydrogen-bond acceptors (Lipinski definition) is 2. The Morgan fingerprint density at radius 2 is 1.78 bits per heavy atom. The number of amides is 1. The molecule has 3 heteroatoms. The number of carbonyl (C=O) groups excluding carboxylic acids is 1. The Labute approximate surface area is 139 Å². The Morgan fingerprint density at radius 1 is 1.09 bits per heavy atom. The van der Waals surface area contributed by atoms with Crippen LogP contribution in [-0.4, -0.2) is 36.0 Å². The quantitative estimate of drug-likeness (QED) is 0.839. The average Bonchev–Trinajstić information content (AvgIpc) is 3.47. The van der Waals surface area contributed by atoms with Crippen LogP contribution in [0.2, 0.25) is 0 Å². The number of benzene rings is 1. The molecule has 2 aliphatic carbocycles. The molecule has 1 N–H and O–H groups in total. The van der Waals surface area contributed by atoms with Gasteiger partial charge >= 0.3 is 0 Å². The maximum atomic E-state index is 12.5. The van der Waals surface area contributed by atoms with E-state index in [1.807, 2.05) is 0 Å². The lowest BCUT2D eigenvalue weighted by Crippen LogP contribution is -2.45. The normalized spacial score (nSPS) is 25.0. The summed E-state index contributed by atoms with van der Waals surface area (Å²) in [6.07, 6.45) is 8.80. The van der Waals surface area contributed by atoms with Crippen LogP contribution in [0.5, 0.6) is 0 Å². The van der Waals surface area contributed by atoms with Crippen molar-refractivity contribution in [3.63, 3.8) is 0 Å². The Bertz CT molecular complexity index is 524. The Morgan fingerprint density at radius 3 is 2.43 bits per heavy atom. The Balaban J connectivity index is 1.30. The van der Waals surface area contributed by atoms with E-state index in [4.69, 9.17) is 0 Å². The first kappa shape index (κ1) is 15.2. The highest BCUT2D eigenvalue weighted by Gasteiger charge is 2.42. The van der Waals surface area contributed by atoms with E-state index >= 15 is 0 Å². The first-order valence-corrected chi connectivity index (χ1v) is 9.37. The molecule has 3 nitrogen and oxygen atoms in total. The summed E-state index contributed by atoms with van der Waals surface area (Å²) in [6.45, 7) is 1.66. The predicted molar refractivity (Wildman–Crippen MR) is 92.1 cm³/mol. The van der Waals surface area contributed by atoms with E-state index < -0.39 is 0 Å². The van der Waals surface area contributed by atoms with Gasteiger partial charge in [-0.15, -0.1) is 0 Å². The summed E-state index contributed by atoms with van der Waals surface area (Å²) >= 11 is 0.